The average molecular weight is 357 g/mol. The van der Waals surface area contributed by atoms with E-state index in [1.54, 1.807) is 4.68 Å². The third-order valence-corrected chi connectivity index (χ3v) is 4.72. The van der Waals surface area contributed by atoms with E-state index in [9.17, 15) is 0 Å². The van der Waals surface area contributed by atoms with Gasteiger partial charge in [0.1, 0.15) is 5.52 Å². The number of aromatic nitrogens is 4. The van der Waals surface area contributed by atoms with Gasteiger partial charge in [-0.15, -0.1) is 5.10 Å². The Kier molecular flexibility index (Phi) is 4.23. The highest BCUT2D eigenvalue weighted by molar-refractivity contribution is 7.98. The maximum atomic E-state index is 6.17. The molecule has 0 radical (unpaired) electrons. The van der Waals surface area contributed by atoms with Crippen molar-refractivity contribution >= 4 is 34.5 Å². The molecule has 0 aliphatic heterocycles. The zero-order valence-corrected chi connectivity index (χ0v) is 14.2. The number of halogens is 1. The Hall–Kier alpha value is -2.31. The molecule has 0 fully saturated rings. The van der Waals surface area contributed by atoms with E-state index in [1.165, 1.54) is 11.8 Å². The van der Waals surface area contributed by atoms with Crippen LogP contribution in [-0.2, 0) is 12.3 Å². The Balaban J connectivity index is 1.42. The lowest BCUT2D eigenvalue weighted by atomic mass is 10.2. The summed E-state index contributed by atoms with van der Waals surface area (Å²) in [5, 5.41) is 9.71. The number of para-hydroxylation sites is 2. The van der Waals surface area contributed by atoms with Crippen molar-refractivity contribution in [3.05, 3.63) is 71.0 Å². The van der Waals surface area contributed by atoms with Crippen molar-refractivity contribution in [2.45, 2.75) is 17.5 Å². The number of hydrogen-bond donors (Lipinski definition) is 0. The van der Waals surface area contributed by atoms with Crippen molar-refractivity contribution < 1.29 is 4.42 Å². The Morgan fingerprint density at radius 1 is 1.08 bits per heavy atom. The van der Waals surface area contributed by atoms with Crippen molar-refractivity contribution in [3.63, 3.8) is 0 Å². The molecule has 0 bridgehead atoms. The van der Waals surface area contributed by atoms with Crippen LogP contribution in [0.25, 0.3) is 11.1 Å². The van der Waals surface area contributed by atoms with Crippen LogP contribution in [-0.4, -0.2) is 20.0 Å². The average Bonchev–Trinajstić information content (AvgIpc) is 3.21. The molecule has 0 unspecified atom stereocenters. The first-order valence-electron chi connectivity index (χ1n) is 7.39. The van der Waals surface area contributed by atoms with Crippen LogP contribution in [0, 0.1) is 0 Å². The first-order chi connectivity index (χ1) is 11.8. The van der Waals surface area contributed by atoms with Gasteiger partial charge in [-0.3, -0.25) is 0 Å². The van der Waals surface area contributed by atoms with Crippen molar-refractivity contribution in [2.75, 3.05) is 0 Å². The molecule has 0 atom stereocenters. The first-order valence-corrected chi connectivity index (χ1v) is 8.75. The van der Waals surface area contributed by atoms with Crippen LogP contribution in [0.15, 0.2) is 64.4 Å². The molecule has 4 rings (SSSR count). The maximum Gasteiger partial charge on any atom is 0.257 e. The van der Waals surface area contributed by atoms with Crippen LogP contribution in [0.5, 0.6) is 0 Å². The van der Waals surface area contributed by atoms with E-state index in [4.69, 9.17) is 16.0 Å². The predicted octanol–water partition coefficient (Wildman–Crippen LogP) is 4.41. The van der Waals surface area contributed by atoms with E-state index >= 15 is 0 Å². The second-order valence-electron chi connectivity index (χ2n) is 5.24. The van der Waals surface area contributed by atoms with Gasteiger partial charge in [-0.1, -0.05) is 58.9 Å². The van der Waals surface area contributed by atoms with Gasteiger partial charge in [-0.05, 0) is 23.8 Å². The van der Waals surface area contributed by atoms with Gasteiger partial charge < -0.3 is 4.42 Å². The molecule has 0 spiro atoms. The van der Waals surface area contributed by atoms with E-state index in [0.717, 1.165) is 27.4 Å². The summed E-state index contributed by atoms with van der Waals surface area (Å²) >= 11 is 7.68. The lowest BCUT2D eigenvalue weighted by Crippen LogP contribution is -2.00. The lowest BCUT2D eigenvalue weighted by Gasteiger charge is -2.02. The normalized spacial score (nSPS) is 11.2. The molecule has 0 aliphatic rings. The molecular weight excluding hydrogens is 344 g/mol. The van der Waals surface area contributed by atoms with Gasteiger partial charge in [0.05, 0.1) is 12.2 Å². The van der Waals surface area contributed by atoms with Crippen LogP contribution >= 0.6 is 23.4 Å². The van der Waals surface area contributed by atoms with Crippen LogP contribution in [0.1, 0.15) is 11.3 Å². The highest BCUT2D eigenvalue weighted by Gasteiger charge is 2.09. The summed E-state index contributed by atoms with van der Waals surface area (Å²) in [6, 6.07) is 15.4. The molecule has 120 valence electrons. The summed E-state index contributed by atoms with van der Waals surface area (Å²) in [6.07, 6.45) is 1.92. The number of fused-ring (bicyclic) bond motifs is 1. The van der Waals surface area contributed by atoms with E-state index in [-0.39, 0.29) is 0 Å². The number of benzene rings is 2. The topological polar surface area (TPSA) is 56.7 Å². The van der Waals surface area contributed by atoms with Gasteiger partial charge in [0, 0.05) is 17.0 Å². The second kappa shape index (κ2) is 6.67. The van der Waals surface area contributed by atoms with Crippen molar-refractivity contribution in [2.24, 2.45) is 0 Å². The van der Waals surface area contributed by atoms with Gasteiger partial charge in [0.25, 0.3) is 5.22 Å². The standard InChI is InChI=1S/C17H13ClN4OS/c18-14-6-2-1-5-12(14)9-22-10-13(20-21-22)11-24-17-19-15-7-3-4-8-16(15)23-17/h1-8,10H,9,11H2. The van der Waals surface area contributed by atoms with E-state index < -0.39 is 0 Å². The Labute approximate surface area is 147 Å². The Bertz CT molecular complexity index is 948. The van der Waals surface area contributed by atoms with Crippen molar-refractivity contribution in [3.8, 4) is 0 Å². The fraction of sp³-hybridized carbons (Fsp3) is 0.118. The van der Waals surface area contributed by atoms with E-state index in [2.05, 4.69) is 15.3 Å². The van der Waals surface area contributed by atoms with Gasteiger partial charge in [0.2, 0.25) is 0 Å². The number of oxazole rings is 1. The molecule has 2 aromatic carbocycles. The third kappa shape index (κ3) is 3.29. The number of rotatable bonds is 5. The van der Waals surface area contributed by atoms with Gasteiger partial charge in [-0.25, -0.2) is 9.67 Å². The van der Waals surface area contributed by atoms with Gasteiger partial charge >= 0.3 is 0 Å². The molecule has 0 aliphatic carbocycles. The summed E-state index contributed by atoms with van der Waals surface area (Å²) in [6.45, 7) is 0.597. The third-order valence-electron chi connectivity index (χ3n) is 3.49. The fourth-order valence-electron chi connectivity index (χ4n) is 2.33. The van der Waals surface area contributed by atoms with Crippen molar-refractivity contribution in [1.29, 1.82) is 0 Å². The summed E-state index contributed by atoms with van der Waals surface area (Å²) in [4.78, 5) is 4.44. The van der Waals surface area contributed by atoms with Crippen molar-refractivity contribution in [1.82, 2.24) is 20.0 Å². The minimum Gasteiger partial charge on any atom is -0.431 e. The molecule has 5 nitrogen and oxygen atoms in total. The molecule has 0 saturated heterocycles. The second-order valence-corrected chi connectivity index (χ2v) is 6.57. The molecule has 0 N–H and O–H groups in total. The van der Waals surface area contributed by atoms with Crippen LogP contribution in [0.2, 0.25) is 5.02 Å². The molecule has 4 aromatic rings. The van der Waals surface area contributed by atoms with Gasteiger partial charge in [-0.2, -0.15) is 0 Å². The molecule has 0 saturated carbocycles. The molecule has 24 heavy (non-hydrogen) atoms. The SMILES string of the molecule is Clc1ccccc1Cn1cc(CSc2nc3ccccc3o2)nn1. The highest BCUT2D eigenvalue weighted by atomic mass is 35.5. The Morgan fingerprint density at radius 2 is 1.92 bits per heavy atom. The van der Waals surface area contributed by atoms with Crippen LogP contribution in [0.4, 0.5) is 0 Å². The summed E-state index contributed by atoms with van der Waals surface area (Å²) < 4.78 is 7.47. The molecular formula is C17H13ClN4OS. The zero-order chi connectivity index (χ0) is 16.4. The number of thioether (sulfide) groups is 1. The Morgan fingerprint density at radius 3 is 2.79 bits per heavy atom. The first kappa shape index (κ1) is 15.2. The molecule has 2 heterocycles. The summed E-state index contributed by atoms with van der Waals surface area (Å²) in [5.41, 5.74) is 3.54. The maximum absolute atomic E-state index is 6.17. The minimum atomic E-state index is 0.597. The quantitative estimate of drug-likeness (QED) is 0.496. The summed E-state index contributed by atoms with van der Waals surface area (Å²) in [7, 11) is 0. The molecule has 0 amide bonds. The van der Waals surface area contributed by atoms with Crippen LogP contribution < -0.4 is 0 Å². The number of hydrogen-bond acceptors (Lipinski definition) is 5. The minimum absolute atomic E-state index is 0.597. The lowest BCUT2D eigenvalue weighted by molar-refractivity contribution is 0.489. The monoisotopic (exact) mass is 356 g/mol. The zero-order valence-electron chi connectivity index (χ0n) is 12.6. The molecule has 7 heteroatoms. The smallest absolute Gasteiger partial charge is 0.257 e. The summed E-state index contributed by atoms with van der Waals surface area (Å²) in [5.74, 6) is 0.648. The fourth-order valence-corrected chi connectivity index (χ4v) is 3.24. The van der Waals surface area contributed by atoms with Gasteiger partial charge in [0.15, 0.2) is 5.58 Å². The van der Waals surface area contributed by atoms with Crippen LogP contribution in [0.3, 0.4) is 0 Å². The number of nitrogens with zero attached hydrogens (tertiary/aromatic N) is 4. The highest BCUT2D eigenvalue weighted by Crippen LogP contribution is 2.25. The van der Waals surface area contributed by atoms with E-state index in [0.29, 0.717) is 17.5 Å². The van der Waals surface area contributed by atoms with E-state index in [1.807, 2.05) is 54.7 Å². The molecule has 2 aromatic heterocycles. The predicted molar refractivity (Wildman–Crippen MR) is 94.1 cm³/mol. The largest absolute Gasteiger partial charge is 0.431 e.